The molecule has 0 spiro atoms. The molecule has 0 aliphatic carbocycles. The van der Waals surface area contributed by atoms with Gasteiger partial charge in [0.2, 0.25) is 5.91 Å². The molecule has 1 aromatic rings. The molecular formula is C12H16BrNO. The Labute approximate surface area is 99.2 Å². The Morgan fingerprint density at radius 1 is 1.40 bits per heavy atom. The second-order valence-corrected chi connectivity index (χ2v) is 5.13. The first-order chi connectivity index (χ1) is 7.00. The van der Waals surface area contributed by atoms with Crippen LogP contribution in [0.4, 0.5) is 0 Å². The standard InChI is InChI=1S/C12H16BrNO/c1-8-4-5-11(6-9(8)2)7-14-12(15)10(3)13/h4-6,10H,7H2,1-3H3,(H,14,15). The van der Waals surface area contributed by atoms with Crippen molar-refractivity contribution < 1.29 is 4.79 Å². The van der Waals surface area contributed by atoms with E-state index in [0.29, 0.717) is 6.54 Å². The van der Waals surface area contributed by atoms with Gasteiger partial charge in [-0.2, -0.15) is 0 Å². The largest absolute Gasteiger partial charge is 0.351 e. The zero-order valence-electron chi connectivity index (χ0n) is 9.30. The highest BCUT2D eigenvalue weighted by atomic mass is 79.9. The third-order valence-electron chi connectivity index (χ3n) is 2.40. The van der Waals surface area contributed by atoms with Crippen molar-refractivity contribution in [1.82, 2.24) is 5.32 Å². The third kappa shape index (κ3) is 3.67. The smallest absolute Gasteiger partial charge is 0.233 e. The predicted molar refractivity (Wildman–Crippen MR) is 66.2 cm³/mol. The van der Waals surface area contributed by atoms with Crippen LogP contribution in [0.15, 0.2) is 18.2 Å². The highest BCUT2D eigenvalue weighted by Crippen LogP contribution is 2.09. The van der Waals surface area contributed by atoms with E-state index in [-0.39, 0.29) is 10.7 Å². The number of halogens is 1. The molecule has 1 rings (SSSR count). The first kappa shape index (κ1) is 12.2. The van der Waals surface area contributed by atoms with Crippen LogP contribution in [0.25, 0.3) is 0 Å². The molecule has 1 atom stereocenters. The first-order valence-electron chi connectivity index (χ1n) is 4.98. The van der Waals surface area contributed by atoms with E-state index >= 15 is 0 Å². The number of aryl methyl sites for hydroxylation is 2. The van der Waals surface area contributed by atoms with Crippen LogP contribution >= 0.6 is 15.9 Å². The Morgan fingerprint density at radius 2 is 2.07 bits per heavy atom. The monoisotopic (exact) mass is 269 g/mol. The molecular weight excluding hydrogens is 254 g/mol. The van der Waals surface area contributed by atoms with Crippen LogP contribution in [-0.4, -0.2) is 10.7 Å². The highest BCUT2D eigenvalue weighted by Gasteiger charge is 2.07. The molecule has 0 fully saturated rings. The van der Waals surface area contributed by atoms with Gasteiger partial charge in [-0.25, -0.2) is 0 Å². The summed E-state index contributed by atoms with van der Waals surface area (Å²) >= 11 is 3.23. The number of carbonyl (C=O) groups excluding carboxylic acids is 1. The lowest BCUT2D eigenvalue weighted by atomic mass is 10.1. The van der Waals surface area contributed by atoms with E-state index in [1.807, 2.05) is 13.0 Å². The predicted octanol–water partition coefficient (Wildman–Crippen LogP) is 2.70. The Hall–Kier alpha value is -0.830. The minimum atomic E-state index is -0.135. The van der Waals surface area contributed by atoms with Crippen molar-refractivity contribution in [2.24, 2.45) is 0 Å². The average molecular weight is 270 g/mol. The van der Waals surface area contributed by atoms with Gasteiger partial charge in [0.15, 0.2) is 0 Å². The molecule has 1 aromatic carbocycles. The average Bonchev–Trinajstić information content (AvgIpc) is 2.19. The van der Waals surface area contributed by atoms with Gasteiger partial charge in [-0.3, -0.25) is 4.79 Å². The molecule has 82 valence electrons. The van der Waals surface area contributed by atoms with Crippen LogP contribution in [0.3, 0.4) is 0 Å². The minimum Gasteiger partial charge on any atom is -0.351 e. The summed E-state index contributed by atoms with van der Waals surface area (Å²) in [6.45, 7) is 6.57. The Kier molecular flexibility index (Phi) is 4.33. The fourth-order valence-corrected chi connectivity index (χ4v) is 1.41. The minimum absolute atomic E-state index is 0.0215. The van der Waals surface area contributed by atoms with Crippen LogP contribution in [0.5, 0.6) is 0 Å². The van der Waals surface area contributed by atoms with Crippen LogP contribution in [-0.2, 0) is 11.3 Å². The van der Waals surface area contributed by atoms with Gasteiger partial charge >= 0.3 is 0 Å². The summed E-state index contributed by atoms with van der Waals surface area (Å²) in [4.78, 5) is 11.2. The molecule has 0 aliphatic heterocycles. The molecule has 15 heavy (non-hydrogen) atoms. The lowest BCUT2D eigenvalue weighted by molar-refractivity contribution is -0.120. The maximum absolute atomic E-state index is 11.3. The summed E-state index contributed by atoms with van der Waals surface area (Å²) in [6, 6.07) is 6.23. The molecule has 3 heteroatoms. The number of hydrogen-bond donors (Lipinski definition) is 1. The number of hydrogen-bond acceptors (Lipinski definition) is 1. The number of nitrogens with one attached hydrogen (secondary N) is 1. The van der Waals surface area contributed by atoms with Crippen LogP contribution in [0, 0.1) is 13.8 Å². The molecule has 0 bridgehead atoms. The summed E-state index contributed by atoms with van der Waals surface area (Å²) in [5.74, 6) is 0.0215. The van der Waals surface area contributed by atoms with Gasteiger partial charge in [0.1, 0.15) is 0 Å². The zero-order valence-corrected chi connectivity index (χ0v) is 10.9. The molecule has 0 aliphatic rings. The van der Waals surface area contributed by atoms with Gasteiger partial charge in [0, 0.05) is 6.54 Å². The second-order valence-electron chi connectivity index (χ2n) is 3.75. The fourth-order valence-electron chi connectivity index (χ4n) is 1.24. The fraction of sp³-hybridized carbons (Fsp3) is 0.417. The summed E-state index contributed by atoms with van der Waals surface area (Å²) in [5, 5.41) is 2.86. The van der Waals surface area contributed by atoms with Gasteiger partial charge in [-0.15, -0.1) is 0 Å². The molecule has 2 nitrogen and oxygen atoms in total. The van der Waals surface area contributed by atoms with Gasteiger partial charge < -0.3 is 5.32 Å². The molecule has 0 saturated carbocycles. The van der Waals surface area contributed by atoms with Crippen molar-refractivity contribution in [3.8, 4) is 0 Å². The Bertz CT molecular complexity index is 361. The van der Waals surface area contributed by atoms with E-state index in [1.54, 1.807) is 0 Å². The SMILES string of the molecule is Cc1ccc(CNC(=O)C(C)Br)cc1C. The van der Waals surface area contributed by atoms with Crippen molar-refractivity contribution >= 4 is 21.8 Å². The molecule has 1 unspecified atom stereocenters. The lowest BCUT2D eigenvalue weighted by Gasteiger charge is -2.08. The van der Waals surface area contributed by atoms with E-state index in [4.69, 9.17) is 0 Å². The van der Waals surface area contributed by atoms with Crippen molar-refractivity contribution in [2.45, 2.75) is 32.1 Å². The van der Waals surface area contributed by atoms with Crippen molar-refractivity contribution in [2.75, 3.05) is 0 Å². The number of carbonyl (C=O) groups is 1. The number of amides is 1. The van der Waals surface area contributed by atoms with Gasteiger partial charge in [-0.1, -0.05) is 34.1 Å². The summed E-state index contributed by atoms with van der Waals surface area (Å²) in [7, 11) is 0. The first-order valence-corrected chi connectivity index (χ1v) is 5.90. The van der Waals surface area contributed by atoms with Gasteiger partial charge in [0.05, 0.1) is 4.83 Å². The van der Waals surface area contributed by atoms with Crippen molar-refractivity contribution in [3.05, 3.63) is 34.9 Å². The van der Waals surface area contributed by atoms with E-state index in [9.17, 15) is 4.79 Å². The maximum Gasteiger partial charge on any atom is 0.233 e. The van der Waals surface area contributed by atoms with Gasteiger partial charge in [0.25, 0.3) is 0 Å². The van der Waals surface area contributed by atoms with Crippen molar-refractivity contribution in [3.63, 3.8) is 0 Å². The van der Waals surface area contributed by atoms with Crippen LogP contribution in [0.1, 0.15) is 23.6 Å². The maximum atomic E-state index is 11.3. The molecule has 0 radical (unpaired) electrons. The highest BCUT2D eigenvalue weighted by molar-refractivity contribution is 9.10. The number of alkyl halides is 1. The van der Waals surface area contributed by atoms with Gasteiger partial charge in [-0.05, 0) is 37.5 Å². The number of benzene rings is 1. The van der Waals surface area contributed by atoms with Crippen LogP contribution in [0.2, 0.25) is 0 Å². The van der Waals surface area contributed by atoms with Crippen molar-refractivity contribution in [1.29, 1.82) is 0 Å². The second kappa shape index (κ2) is 5.31. The van der Waals surface area contributed by atoms with E-state index in [2.05, 4.69) is 47.2 Å². The molecule has 1 N–H and O–H groups in total. The quantitative estimate of drug-likeness (QED) is 0.841. The summed E-state index contributed by atoms with van der Waals surface area (Å²) in [5.41, 5.74) is 3.67. The normalized spacial score (nSPS) is 12.3. The zero-order chi connectivity index (χ0) is 11.4. The van der Waals surface area contributed by atoms with E-state index in [0.717, 1.165) is 5.56 Å². The van der Waals surface area contributed by atoms with E-state index < -0.39 is 0 Å². The summed E-state index contributed by atoms with van der Waals surface area (Å²) in [6.07, 6.45) is 0. The lowest BCUT2D eigenvalue weighted by Crippen LogP contribution is -2.28. The topological polar surface area (TPSA) is 29.1 Å². The van der Waals surface area contributed by atoms with Crippen LogP contribution < -0.4 is 5.32 Å². The Morgan fingerprint density at radius 3 is 2.60 bits per heavy atom. The van der Waals surface area contributed by atoms with E-state index in [1.165, 1.54) is 11.1 Å². The number of rotatable bonds is 3. The molecule has 0 saturated heterocycles. The molecule has 0 aromatic heterocycles. The molecule has 0 heterocycles. The third-order valence-corrected chi connectivity index (χ3v) is 2.82. The summed E-state index contributed by atoms with van der Waals surface area (Å²) < 4.78 is 0. The Balaban J connectivity index is 2.58. The molecule has 1 amide bonds.